The van der Waals surface area contributed by atoms with E-state index in [0.29, 0.717) is 0 Å². The van der Waals surface area contributed by atoms with Crippen LogP contribution in [0.3, 0.4) is 0 Å². The first-order chi connectivity index (χ1) is 12.9. The highest BCUT2D eigenvalue weighted by molar-refractivity contribution is 6.10. The topological polar surface area (TPSA) is 18.1 Å². The Labute approximate surface area is 149 Å². The zero-order valence-corrected chi connectivity index (χ0v) is 14.0. The van der Waals surface area contributed by atoms with Gasteiger partial charge in [0.1, 0.15) is 11.2 Å². The predicted molar refractivity (Wildman–Crippen MR) is 108 cm³/mol. The summed E-state index contributed by atoms with van der Waals surface area (Å²) in [5.74, 6) is 0. The second-order valence-corrected chi connectivity index (χ2v) is 6.65. The van der Waals surface area contributed by atoms with Gasteiger partial charge in [0, 0.05) is 33.3 Å². The van der Waals surface area contributed by atoms with Gasteiger partial charge in [-0.3, -0.25) is 0 Å². The monoisotopic (exact) mass is 333 g/mol. The van der Waals surface area contributed by atoms with Gasteiger partial charge in [-0.2, -0.15) is 0 Å². The van der Waals surface area contributed by atoms with Gasteiger partial charge in [-0.25, -0.2) is 0 Å². The zero-order valence-electron chi connectivity index (χ0n) is 14.0. The van der Waals surface area contributed by atoms with Crippen molar-refractivity contribution in [3.05, 3.63) is 91.0 Å². The Morgan fingerprint density at radius 3 is 1.81 bits per heavy atom. The lowest BCUT2D eigenvalue weighted by molar-refractivity contribution is 0.668. The minimum atomic E-state index is 0.922. The number of hydrogen-bond acceptors (Lipinski definition) is 1. The number of aromatic nitrogens is 1. The van der Waals surface area contributed by atoms with Crippen LogP contribution in [0.5, 0.6) is 0 Å². The molecule has 0 aliphatic carbocycles. The molecule has 4 aromatic carbocycles. The Hall–Kier alpha value is -3.52. The molecule has 0 aliphatic rings. The first kappa shape index (κ1) is 13.7. The van der Waals surface area contributed by atoms with Gasteiger partial charge in [-0.15, -0.1) is 0 Å². The van der Waals surface area contributed by atoms with Crippen LogP contribution in [0, 0.1) is 0 Å². The third-order valence-corrected chi connectivity index (χ3v) is 5.20. The Balaban J connectivity index is 1.73. The molecule has 0 fully saturated rings. The highest BCUT2D eigenvalue weighted by Gasteiger charge is 2.13. The van der Waals surface area contributed by atoms with Crippen molar-refractivity contribution in [3.8, 4) is 5.69 Å². The number of para-hydroxylation sites is 3. The Morgan fingerprint density at radius 2 is 1.08 bits per heavy atom. The molecular formula is C24H15NO. The van der Waals surface area contributed by atoms with E-state index in [1.165, 1.54) is 21.8 Å². The fraction of sp³-hybridized carbons (Fsp3) is 0. The lowest BCUT2D eigenvalue weighted by atomic mass is 10.1. The number of nitrogens with zero attached hydrogens (tertiary/aromatic N) is 1. The molecule has 122 valence electrons. The van der Waals surface area contributed by atoms with Gasteiger partial charge in [-0.05, 0) is 30.3 Å². The van der Waals surface area contributed by atoms with Crippen molar-refractivity contribution in [3.63, 3.8) is 0 Å². The molecule has 2 aromatic heterocycles. The van der Waals surface area contributed by atoms with Crippen LogP contribution in [-0.2, 0) is 0 Å². The van der Waals surface area contributed by atoms with Crippen molar-refractivity contribution >= 4 is 43.7 Å². The van der Waals surface area contributed by atoms with Crippen LogP contribution in [0.4, 0.5) is 0 Å². The third kappa shape index (κ3) is 1.76. The quantitative estimate of drug-likeness (QED) is 0.328. The van der Waals surface area contributed by atoms with Gasteiger partial charge in [-0.1, -0.05) is 54.6 Å². The SMILES string of the molecule is c1ccc2c(c1)oc1cc(-n3c4ccccc4c4ccccc43)ccc12. The standard InChI is InChI=1S/C24H15NO/c1-4-10-21-17(7-1)18-8-2-5-11-22(18)25(21)16-13-14-20-19-9-3-6-12-23(19)26-24(20)15-16/h1-15H. The summed E-state index contributed by atoms with van der Waals surface area (Å²) >= 11 is 0. The van der Waals surface area contributed by atoms with Crippen LogP contribution in [0.25, 0.3) is 49.4 Å². The maximum Gasteiger partial charge on any atom is 0.137 e. The summed E-state index contributed by atoms with van der Waals surface area (Å²) in [5.41, 5.74) is 5.40. The molecule has 0 radical (unpaired) electrons. The summed E-state index contributed by atoms with van der Waals surface area (Å²) in [7, 11) is 0. The molecule has 6 rings (SSSR count). The molecule has 0 atom stereocenters. The van der Waals surface area contributed by atoms with E-state index in [9.17, 15) is 0 Å². The first-order valence-corrected chi connectivity index (χ1v) is 8.80. The van der Waals surface area contributed by atoms with Crippen LogP contribution >= 0.6 is 0 Å². The maximum atomic E-state index is 6.10. The van der Waals surface area contributed by atoms with Gasteiger partial charge in [0.15, 0.2) is 0 Å². The molecule has 6 aromatic rings. The molecule has 0 saturated heterocycles. The zero-order chi connectivity index (χ0) is 17.1. The fourth-order valence-corrected chi connectivity index (χ4v) is 4.05. The average Bonchev–Trinajstić information content (AvgIpc) is 3.23. The van der Waals surface area contributed by atoms with Crippen molar-refractivity contribution in [2.75, 3.05) is 0 Å². The fourth-order valence-electron chi connectivity index (χ4n) is 4.05. The van der Waals surface area contributed by atoms with Gasteiger partial charge >= 0.3 is 0 Å². The molecule has 0 N–H and O–H groups in total. The minimum Gasteiger partial charge on any atom is -0.456 e. The van der Waals surface area contributed by atoms with E-state index in [0.717, 1.165) is 27.6 Å². The second-order valence-electron chi connectivity index (χ2n) is 6.65. The second kappa shape index (κ2) is 4.99. The summed E-state index contributed by atoms with van der Waals surface area (Å²) in [4.78, 5) is 0. The molecule has 0 saturated carbocycles. The van der Waals surface area contributed by atoms with Crippen LogP contribution in [0.1, 0.15) is 0 Å². The highest BCUT2D eigenvalue weighted by atomic mass is 16.3. The molecule has 0 unspecified atom stereocenters. The summed E-state index contributed by atoms with van der Waals surface area (Å²) in [5, 5.41) is 4.86. The molecule has 0 aliphatic heterocycles. The van der Waals surface area contributed by atoms with Gasteiger partial charge in [0.2, 0.25) is 0 Å². The number of furan rings is 1. The molecule has 2 nitrogen and oxygen atoms in total. The van der Waals surface area contributed by atoms with Gasteiger partial charge in [0.25, 0.3) is 0 Å². The third-order valence-electron chi connectivity index (χ3n) is 5.20. The van der Waals surface area contributed by atoms with Crippen LogP contribution < -0.4 is 0 Å². The first-order valence-electron chi connectivity index (χ1n) is 8.80. The smallest absolute Gasteiger partial charge is 0.137 e. The van der Waals surface area contributed by atoms with E-state index >= 15 is 0 Å². The summed E-state index contributed by atoms with van der Waals surface area (Å²) in [6.45, 7) is 0. The number of hydrogen-bond donors (Lipinski definition) is 0. The predicted octanol–water partition coefficient (Wildman–Crippen LogP) is 6.68. The molecule has 0 spiro atoms. The van der Waals surface area contributed by atoms with E-state index in [-0.39, 0.29) is 0 Å². The summed E-state index contributed by atoms with van der Waals surface area (Å²) < 4.78 is 8.42. The molecule has 0 amide bonds. The van der Waals surface area contributed by atoms with Gasteiger partial charge in [0.05, 0.1) is 11.0 Å². The van der Waals surface area contributed by atoms with E-state index in [1.54, 1.807) is 0 Å². The normalized spacial score (nSPS) is 11.8. The lowest BCUT2D eigenvalue weighted by Gasteiger charge is -2.07. The van der Waals surface area contributed by atoms with Crippen molar-refractivity contribution in [2.24, 2.45) is 0 Å². The molecule has 2 heterocycles. The van der Waals surface area contributed by atoms with Crippen molar-refractivity contribution < 1.29 is 4.42 Å². The highest BCUT2D eigenvalue weighted by Crippen LogP contribution is 2.34. The average molecular weight is 333 g/mol. The van der Waals surface area contributed by atoms with Crippen molar-refractivity contribution in [2.45, 2.75) is 0 Å². The molecule has 26 heavy (non-hydrogen) atoms. The van der Waals surface area contributed by atoms with E-state index in [2.05, 4.69) is 83.4 Å². The largest absolute Gasteiger partial charge is 0.456 e. The van der Waals surface area contributed by atoms with Crippen LogP contribution in [0.15, 0.2) is 95.4 Å². The van der Waals surface area contributed by atoms with Gasteiger partial charge < -0.3 is 8.98 Å². The maximum absolute atomic E-state index is 6.10. The van der Waals surface area contributed by atoms with E-state index in [1.807, 2.05) is 12.1 Å². The number of benzene rings is 4. The van der Waals surface area contributed by atoms with E-state index in [4.69, 9.17) is 4.42 Å². The number of fused-ring (bicyclic) bond motifs is 6. The number of rotatable bonds is 1. The molecule has 2 heteroatoms. The Bertz CT molecular complexity index is 1380. The minimum absolute atomic E-state index is 0.922. The Kier molecular flexibility index (Phi) is 2.64. The lowest BCUT2D eigenvalue weighted by Crippen LogP contribution is -1.92. The molecule has 0 bridgehead atoms. The van der Waals surface area contributed by atoms with Crippen molar-refractivity contribution in [1.82, 2.24) is 4.57 Å². The summed E-state index contributed by atoms with van der Waals surface area (Å²) in [6, 6.07) is 31.8. The van der Waals surface area contributed by atoms with Crippen LogP contribution in [0.2, 0.25) is 0 Å². The van der Waals surface area contributed by atoms with E-state index < -0.39 is 0 Å². The molecular weight excluding hydrogens is 318 g/mol. The Morgan fingerprint density at radius 1 is 0.500 bits per heavy atom. The van der Waals surface area contributed by atoms with Crippen molar-refractivity contribution in [1.29, 1.82) is 0 Å². The summed E-state index contributed by atoms with van der Waals surface area (Å²) in [6.07, 6.45) is 0. The van der Waals surface area contributed by atoms with Crippen LogP contribution in [-0.4, -0.2) is 4.57 Å².